The van der Waals surface area contributed by atoms with Gasteiger partial charge >= 0.3 is 0 Å². The Morgan fingerprint density at radius 1 is 1.08 bits per heavy atom. The second-order valence-corrected chi connectivity index (χ2v) is 13.3. The Hall–Kier alpha value is -2.55. The molecule has 5 rings (SSSR count). The third kappa shape index (κ3) is 4.31. The van der Waals surface area contributed by atoms with Gasteiger partial charge in [-0.25, -0.2) is 0 Å². The molecule has 3 N–H and O–H groups in total. The summed E-state index contributed by atoms with van der Waals surface area (Å²) in [5.74, 6) is -2.00. The van der Waals surface area contributed by atoms with Gasteiger partial charge in [-0.15, -0.1) is 11.8 Å². The summed E-state index contributed by atoms with van der Waals surface area (Å²) in [4.78, 5) is 43.8. The van der Waals surface area contributed by atoms with Crippen LogP contribution in [0.5, 0.6) is 0 Å². The maximum atomic E-state index is 14.3. The van der Waals surface area contributed by atoms with E-state index in [1.54, 1.807) is 40.9 Å². The zero-order chi connectivity index (χ0) is 27.2. The molecule has 3 heterocycles. The van der Waals surface area contributed by atoms with Crippen LogP contribution in [0.3, 0.4) is 0 Å². The lowest BCUT2D eigenvalue weighted by atomic mass is 9.66. The average Bonchev–Trinajstić information content (AvgIpc) is 3.47. The van der Waals surface area contributed by atoms with Crippen LogP contribution in [-0.4, -0.2) is 55.9 Å². The minimum absolute atomic E-state index is 0.0283. The Morgan fingerprint density at radius 2 is 1.71 bits per heavy atom. The number of thioether (sulfide) groups is 1. The largest absolute Gasteiger partial charge is 0.394 e. The second-order valence-electron chi connectivity index (χ2n) is 11.0. The van der Waals surface area contributed by atoms with Crippen molar-refractivity contribution in [2.24, 2.45) is 17.8 Å². The molecule has 0 aromatic heterocycles. The van der Waals surface area contributed by atoms with Gasteiger partial charge in [0.05, 0.1) is 29.2 Å². The molecule has 0 saturated carbocycles. The molecule has 3 amide bonds. The Morgan fingerprint density at radius 3 is 2.34 bits per heavy atom. The molecule has 2 unspecified atom stereocenters. The van der Waals surface area contributed by atoms with Gasteiger partial charge in [0.1, 0.15) is 6.04 Å². The zero-order valence-corrected chi connectivity index (χ0v) is 23.4. The number of fused-ring (bicyclic) bond motifs is 1. The monoisotopic (exact) mass is 555 g/mol. The quantitative estimate of drug-likeness (QED) is 0.434. The molecule has 3 aliphatic heterocycles. The molecule has 7 atom stereocenters. The number of carbonyl (C=O) groups excluding carboxylic acids is 3. The van der Waals surface area contributed by atoms with Crippen LogP contribution < -0.4 is 10.6 Å². The van der Waals surface area contributed by atoms with Gasteiger partial charge in [-0.1, -0.05) is 50.1 Å². The van der Waals surface area contributed by atoms with Crippen LogP contribution in [0.25, 0.3) is 0 Å². The van der Waals surface area contributed by atoms with E-state index in [1.807, 2.05) is 51.1 Å². The van der Waals surface area contributed by atoms with Crippen molar-refractivity contribution in [1.82, 2.24) is 4.90 Å². The lowest BCUT2D eigenvalue weighted by molar-refractivity contribution is -0.142. The summed E-state index contributed by atoms with van der Waals surface area (Å²) in [6.07, 6.45) is 2.11. The summed E-state index contributed by atoms with van der Waals surface area (Å²) in [6, 6.07) is 14.7. The Kier molecular flexibility index (Phi) is 7.26. The molecular formula is C29H34ClN3O4S. The number of hydrogen-bond donors (Lipinski definition) is 3. The summed E-state index contributed by atoms with van der Waals surface area (Å²) < 4.78 is -1.24. The number of carbonyl (C=O) groups is 3. The van der Waals surface area contributed by atoms with Crippen molar-refractivity contribution in [3.05, 3.63) is 59.6 Å². The van der Waals surface area contributed by atoms with Crippen LogP contribution in [0.2, 0.25) is 5.02 Å². The van der Waals surface area contributed by atoms with Gasteiger partial charge in [0.2, 0.25) is 17.7 Å². The lowest BCUT2D eigenvalue weighted by Crippen LogP contribution is -2.56. The molecule has 2 aromatic rings. The molecule has 3 fully saturated rings. The standard InChI is InChI=1S/C29H34ClN3O4S/c1-4-17(2)21(16-34)33-24(26(36)32-20-12-10-18(30)11-13-20)29-15-14-28(3,38-29)22(23(29)27(33)37)25(35)31-19-8-6-5-7-9-19/h5-13,17,21-24,34H,4,14-16H2,1-3H3,(H,31,35)(H,32,36)/t17-,21-,22+,23-,24?,28-,29?/m0/s1. The maximum Gasteiger partial charge on any atom is 0.248 e. The number of rotatable bonds is 8. The molecular weight excluding hydrogens is 522 g/mol. The number of amides is 3. The number of hydrogen-bond acceptors (Lipinski definition) is 5. The summed E-state index contributed by atoms with van der Waals surface area (Å²) in [5, 5.41) is 17.0. The lowest BCUT2D eigenvalue weighted by Gasteiger charge is -2.39. The van der Waals surface area contributed by atoms with Crippen molar-refractivity contribution in [3.8, 4) is 0 Å². The van der Waals surface area contributed by atoms with Crippen molar-refractivity contribution < 1.29 is 19.5 Å². The molecule has 38 heavy (non-hydrogen) atoms. The normalized spacial score (nSPS) is 31.1. The van der Waals surface area contributed by atoms with Gasteiger partial charge in [0.15, 0.2) is 0 Å². The first-order valence-electron chi connectivity index (χ1n) is 13.2. The summed E-state index contributed by atoms with van der Waals surface area (Å²) in [6.45, 7) is 5.79. The van der Waals surface area contributed by atoms with Crippen LogP contribution in [0.4, 0.5) is 11.4 Å². The first-order chi connectivity index (χ1) is 18.1. The van der Waals surface area contributed by atoms with Gasteiger partial charge in [-0.2, -0.15) is 0 Å². The SMILES string of the molecule is CC[C@H](C)[C@H](CO)N1C(=O)[C@@H]2[C@H](C(=O)Nc3ccccc3)[C@]3(C)CCC2(S3)C1C(=O)Nc1ccc(Cl)cc1. The molecule has 1 spiro atoms. The summed E-state index contributed by atoms with van der Waals surface area (Å²) in [5.41, 5.74) is 1.26. The van der Waals surface area contributed by atoms with Gasteiger partial charge in [0.25, 0.3) is 0 Å². The topological polar surface area (TPSA) is 98.7 Å². The van der Waals surface area contributed by atoms with Gasteiger partial charge in [0, 0.05) is 21.1 Å². The number of nitrogens with one attached hydrogen (secondary N) is 2. The molecule has 3 saturated heterocycles. The van der Waals surface area contributed by atoms with E-state index in [1.165, 1.54) is 0 Å². The van der Waals surface area contributed by atoms with E-state index in [0.29, 0.717) is 22.8 Å². The predicted octanol–water partition coefficient (Wildman–Crippen LogP) is 4.81. The van der Waals surface area contributed by atoms with Crippen molar-refractivity contribution in [2.75, 3.05) is 17.2 Å². The summed E-state index contributed by atoms with van der Waals surface area (Å²) >= 11 is 7.65. The van der Waals surface area contributed by atoms with Crippen LogP contribution in [0, 0.1) is 17.8 Å². The summed E-state index contributed by atoms with van der Waals surface area (Å²) in [7, 11) is 0. The van der Waals surface area contributed by atoms with Crippen molar-refractivity contribution in [2.45, 2.75) is 61.6 Å². The highest BCUT2D eigenvalue weighted by atomic mass is 35.5. The Bertz CT molecular complexity index is 1230. The van der Waals surface area contributed by atoms with Crippen LogP contribution >= 0.6 is 23.4 Å². The van der Waals surface area contributed by atoms with Crippen LogP contribution in [0.15, 0.2) is 54.6 Å². The first kappa shape index (κ1) is 27.0. The number of benzene rings is 2. The van der Waals surface area contributed by atoms with Crippen molar-refractivity contribution in [1.29, 1.82) is 0 Å². The molecule has 0 radical (unpaired) electrons. The number of aliphatic hydroxyl groups excluding tert-OH is 1. The Balaban J connectivity index is 1.55. The van der Waals surface area contributed by atoms with E-state index >= 15 is 0 Å². The number of likely N-dealkylation sites (tertiary alicyclic amines) is 1. The molecule has 202 valence electrons. The van der Waals surface area contributed by atoms with Gasteiger partial charge < -0.3 is 20.6 Å². The number of halogens is 1. The fourth-order valence-corrected chi connectivity index (χ4v) is 9.19. The van der Waals surface area contributed by atoms with Crippen LogP contribution in [0.1, 0.15) is 40.0 Å². The van der Waals surface area contributed by atoms with E-state index in [2.05, 4.69) is 10.6 Å². The van der Waals surface area contributed by atoms with Crippen molar-refractivity contribution >= 4 is 52.5 Å². The number of nitrogens with zero attached hydrogens (tertiary/aromatic N) is 1. The minimum atomic E-state index is -0.817. The molecule has 2 aromatic carbocycles. The van der Waals surface area contributed by atoms with E-state index in [9.17, 15) is 19.5 Å². The fraction of sp³-hybridized carbons (Fsp3) is 0.483. The average molecular weight is 556 g/mol. The maximum absolute atomic E-state index is 14.3. The highest BCUT2D eigenvalue weighted by Crippen LogP contribution is 2.71. The third-order valence-corrected chi connectivity index (χ3v) is 11.0. The molecule has 2 bridgehead atoms. The number of aliphatic hydroxyl groups is 1. The molecule has 0 aliphatic carbocycles. The highest BCUT2D eigenvalue weighted by Gasteiger charge is 2.77. The fourth-order valence-electron chi connectivity index (χ4n) is 6.72. The molecule has 7 nitrogen and oxygen atoms in total. The van der Waals surface area contributed by atoms with Gasteiger partial charge in [-0.3, -0.25) is 14.4 Å². The molecule has 3 aliphatic rings. The highest BCUT2D eigenvalue weighted by molar-refractivity contribution is 8.02. The third-order valence-electron chi connectivity index (χ3n) is 8.74. The van der Waals surface area contributed by atoms with E-state index in [4.69, 9.17) is 11.6 Å². The van der Waals surface area contributed by atoms with Crippen LogP contribution in [-0.2, 0) is 14.4 Å². The van der Waals surface area contributed by atoms with Crippen molar-refractivity contribution in [3.63, 3.8) is 0 Å². The molecule has 9 heteroatoms. The Labute approximate surface area is 232 Å². The van der Waals surface area contributed by atoms with E-state index in [-0.39, 0.29) is 30.2 Å². The first-order valence-corrected chi connectivity index (χ1v) is 14.4. The van der Waals surface area contributed by atoms with Gasteiger partial charge in [-0.05, 0) is 62.1 Å². The number of para-hydroxylation sites is 1. The predicted molar refractivity (Wildman–Crippen MR) is 151 cm³/mol. The van der Waals surface area contributed by atoms with E-state index in [0.717, 1.165) is 12.8 Å². The number of anilines is 2. The second kappa shape index (κ2) is 10.2. The smallest absolute Gasteiger partial charge is 0.248 e. The van der Waals surface area contributed by atoms with E-state index < -0.39 is 33.4 Å². The minimum Gasteiger partial charge on any atom is -0.394 e. The zero-order valence-electron chi connectivity index (χ0n) is 21.8.